The Balaban J connectivity index is 0.000000261. The van der Waals surface area contributed by atoms with Crippen LogP contribution in [0.3, 0.4) is 0 Å². The van der Waals surface area contributed by atoms with Gasteiger partial charge in [0.15, 0.2) is 4.30 Å². The van der Waals surface area contributed by atoms with Gasteiger partial charge < -0.3 is 0 Å². The van der Waals surface area contributed by atoms with Crippen molar-refractivity contribution >= 4 is 89.9 Å². The van der Waals surface area contributed by atoms with Crippen molar-refractivity contribution in [3.05, 3.63) is 177 Å². The number of hydrogen-bond acceptors (Lipinski definition) is 0. The van der Waals surface area contributed by atoms with Crippen LogP contribution in [0.25, 0.3) is 0 Å². The van der Waals surface area contributed by atoms with Crippen LogP contribution >= 0.6 is 34.8 Å². The fourth-order valence-electron chi connectivity index (χ4n) is 5.51. The SMILES string of the molecule is Cc1cc[c]([Ge]([c]2ccc(C)cc2)[c]2ccc(C)cc2)cc1.ClC(Cl)Cl.Fc1c(F)c(F)[c]([Ge]([c]2c(F)c(F)c(F)c(F)c2F)[c]2c(F)c(F)c(F)c(F)c2F)c(F)c1F. The molecule has 0 amide bonds. The Labute approximate surface area is 355 Å². The second kappa shape index (κ2) is 20.4. The number of alkyl halides is 3. The molecular weight excluding hydrogens is 1020 g/mol. The zero-order chi connectivity index (χ0) is 45.1. The van der Waals surface area contributed by atoms with Crippen LogP contribution in [0.15, 0.2) is 72.8 Å². The van der Waals surface area contributed by atoms with Gasteiger partial charge in [0.05, 0.1) is 0 Å². The number of aryl methyl sites for hydroxylation is 3. The van der Waals surface area contributed by atoms with Gasteiger partial charge in [-0.1, -0.05) is 34.8 Å². The summed E-state index contributed by atoms with van der Waals surface area (Å²) in [7, 11) is 0. The molecule has 0 atom stereocenters. The topological polar surface area (TPSA) is 0 Å². The van der Waals surface area contributed by atoms with Gasteiger partial charge in [-0.25, -0.2) is 0 Å². The molecule has 6 aromatic carbocycles. The molecule has 316 valence electrons. The Morgan fingerprint density at radius 1 is 0.283 bits per heavy atom. The molecule has 0 fully saturated rings. The first-order chi connectivity index (χ1) is 28.0. The molecule has 6 aromatic rings. The molecule has 0 saturated heterocycles. The summed E-state index contributed by atoms with van der Waals surface area (Å²) in [6.07, 6.45) is 0. The van der Waals surface area contributed by atoms with Crippen LogP contribution < -0.4 is 26.4 Å². The van der Waals surface area contributed by atoms with Crippen molar-refractivity contribution in [2.24, 2.45) is 0 Å². The molecule has 0 aromatic heterocycles. The Morgan fingerprint density at radius 2 is 0.433 bits per heavy atom. The molecule has 0 heterocycles. The van der Waals surface area contributed by atoms with Crippen LogP contribution in [0, 0.1) is 108 Å². The summed E-state index contributed by atoms with van der Waals surface area (Å²) in [5, 5.41) is 0. The number of benzene rings is 6. The molecule has 0 unspecified atom stereocenters. The minimum absolute atomic E-state index is 0.750. The van der Waals surface area contributed by atoms with E-state index in [2.05, 4.69) is 93.6 Å². The summed E-state index contributed by atoms with van der Waals surface area (Å²) in [6, 6.07) is 27.4. The van der Waals surface area contributed by atoms with Gasteiger partial charge in [0.25, 0.3) is 0 Å². The predicted molar refractivity (Wildman–Crippen MR) is 203 cm³/mol. The monoisotopic (exact) mass is 1040 g/mol. The second-order valence-corrected chi connectivity index (χ2v) is 24.3. The third-order valence-electron chi connectivity index (χ3n) is 8.40. The quantitative estimate of drug-likeness (QED) is 0.0514. The molecule has 0 N–H and O–H groups in total. The molecule has 6 rings (SSSR count). The normalized spacial score (nSPS) is 11.2. The maximum absolute atomic E-state index is 14.4. The van der Waals surface area contributed by atoms with Crippen LogP contribution in [0.5, 0.6) is 0 Å². The zero-order valence-corrected chi connectivity index (χ0v) is 36.8. The van der Waals surface area contributed by atoms with E-state index in [1.807, 2.05) is 0 Å². The molecule has 0 aliphatic carbocycles. The van der Waals surface area contributed by atoms with Gasteiger partial charge >= 0.3 is 318 Å². The van der Waals surface area contributed by atoms with Crippen LogP contribution in [-0.4, -0.2) is 33.0 Å². The van der Waals surface area contributed by atoms with Gasteiger partial charge in [0.2, 0.25) is 0 Å². The maximum atomic E-state index is 14.4. The predicted octanol–water partition coefficient (Wildman–Crippen LogP) is 9.40. The van der Waals surface area contributed by atoms with E-state index < -0.39 is 133 Å². The summed E-state index contributed by atoms with van der Waals surface area (Å²) in [6.45, 7) is 6.46. The third-order valence-corrected chi connectivity index (χ3v) is 20.0. The van der Waals surface area contributed by atoms with Gasteiger partial charge in [0.1, 0.15) is 0 Å². The van der Waals surface area contributed by atoms with Crippen LogP contribution in [0.1, 0.15) is 16.7 Å². The molecule has 0 spiro atoms. The standard InChI is InChI=1S/C21H21Ge.C18F15Ge.CHCl3/c1-16-4-10-19(11-5-16)22(20-12-6-17(2)7-13-20)21-14-8-18(3)9-15-21;19-1-4(22)10(28)16(11(29)5(1)23)34(17-12(30)6(24)2(20)7(25)13(17)31)18-14(32)8(26)3(21)9(27)15(18)33;2-1(3)4/h4-15H,1-3H3;;1H. The van der Waals surface area contributed by atoms with E-state index in [1.54, 1.807) is 0 Å². The van der Waals surface area contributed by atoms with Crippen LogP contribution in [-0.2, 0) is 0 Å². The molecule has 60 heavy (non-hydrogen) atoms. The summed E-state index contributed by atoms with van der Waals surface area (Å²) in [4.78, 5) is 0. The summed E-state index contributed by atoms with van der Waals surface area (Å²) in [5.74, 6) is -44.5. The van der Waals surface area contributed by atoms with Crippen molar-refractivity contribution in [3.8, 4) is 0 Å². The van der Waals surface area contributed by atoms with E-state index in [9.17, 15) is 65.9 Å². The minimum atomic E-state index is -6.37. The van der Waals surface area contributed by atoms with Gasteiger partial charge in [-0.05, 0) is 0 Å². The van der Waals surface area contributed by atoms with Crippen molar-refractivity contribution in [3.63, 3.8) is 0 Å². The van der Waals surface area contributed by atoms with E-state index in [-0.39, 0.29) is 0 Å². The fraction of sp³-hybridized carbons (Fsp3) is 0.100. The van der Waals surface area contributed by atoms with E-state index >= 15 is 0 Å². The van der Waals surface area contributed by atoms with Gasteiger partial charge in [-0.15, -0.1) is 0 Å². The third kappa shape index (κ3) is 10.3. The molecule has 0 bridgehead atoms. The molecule has 0 nitrogen and oxygen atoms in total. The zero-order valence-electron chi connectivity index (χ0n) is 30.3. The van der Waals surface area contributed by atoms with E-state index in [0.29, 0.717) is 0 Å². The van der Waals surface area contributed by atoms with Crippen molar-refractivity contribution < 1.29 is 65.9 Å². The Morgan fingerprint density at radius 3 is 0.600 bits per heavy atom. The summed E-state index contributed by atoms with van der Waals surface area (Å²) < 4.78 is 205. The number of rotatable bonds is 6. The average molecular weight is 1040 g/mol. The van der Waals surface area contributed by atoms with Crippen molar-refractivity contribution in [1.82, 2.24) is 0 Å². The molecule has 0 aliphatic rings. The van der Waals surface area contributed by atoms with Crippen molar-refractivity contribution in [1.29, 1.82) is 0 Å². The van der Waals surface area contributed by atoms with Crippen molar-refractivity contribution in [2.75, 3.05) is 0 Å². The Bertz CT molecular complexity index is 2160. The molecule has 20 heteroatoms. The van der Waals surface area contributed by atoms with E-state index in [4.69, 9.17) is 34.8 Å². The van der Waals surface area contributed by atoms with E-state index in [0.717, 1.165) is 0 Å². The summed E-state index contributed by atoms with van der Waals surface area (Å²) >= 11 is 6.35. The molecular formula is C40H22Cl3F15Ge2. The first kappa shape index (κ1) is 48.9. The van der Waals surface area contributed by atoms with Gasteiger partial charge in [-0.3, -0.25) is 0 Å². The number of halogens is 18. The van der Waals surface area contributed by atoms with Crippen LogP contribution in [0.2, 0.25) is 0 Å². The first-order valence-electron chi connectivity index (χ1n) is 16.5. The fourth-order valence-corrected chi connectivity index (χ4v) is 16.5. The van der Waals surface area contributed by atoms with Crippen LogP contribution in [0.4, 0.5) is 65.9 Å². The second-order valence-electron chi connectivity index (χ2n) is 12.4. The molecule has 0 saturated carbocycles. The van der Waals surface area contributed by atoms with Gasteiger partial charge in [0, 0.05) is 0 Å². The average Bonchev–Trinajstić information content (AvgIpc) is 3.21. The Hall–Kier alpha value is -3.77. The summed E-state index contributed by atoms with van der Waals surface area (Å²) in [5.41, 5.74) is 3.98. The molecule has 2 radical (unpaired) electrons. The first-order valence-corrected chi connectivity index (χ1v) is 24.1. The van der Waals surface area contributed by atoms with Crippen molar-refractivity contribution in [2.45, 2.75) is 25.1 Å². The Kier molecular flexibility index (Phi) is 16.6. The van der Waals surface area contributed by atoms with E-state index in [1.165, 1.54) is 29.9 Å². The molecule has 0 aliphatic heterocycles. The number of hydrogen-bond donors (Lipinski definition) is 0. The van der Waals surface area contributed by atoms with Gasteiger partial charge in [-0.2, -0.15) is 0 Å².